The van der Waals surface area contributed by atoms with Crippen LogP contribution in [0.3, 0.4) is 0 Å². The van der Waals surface area contributed by atoms with E-state index >= 15 is 0 Å². The molecule has 3 saturated heterocycles. The lowest BCUT2D eigenvalue weighted by Gasteiger charge is -2.39. The molecule has 1 unspecified atom stereocenters. The number of pyridine rings is 1. The van der Waals surface area contributed by atoms with Gasteiger partial charge in [-0.2, -0.15) is 0 Å². The fourth-order valence-corrected chi connectivity index (χ4v) is 6.96. The van der Waals surface area contributed by atoms with E-state index in [0.29, 0.717) is 23.2 Å². The molecule has 45 heavy (non-hydrogen) atoms. The van der Waals surface area contributed by atoms with Gasteiger partial charge < -0.3 is 24.6 Å². The number of aryl methyl sites for hydroxylation is 1. The van der Waals surface area contributed by atoms with Crippen LogP contribution in [0.25, 0.3) is 0 Å². The predicted molar refractivity (Wildman–Crippen MR) is 171 cm³/mol. The second kappa shape index (κ2) is 13.2. The molecule has 1 aliphatic carbocycles. The van der Waals surface area contributed by atoms with Crippen LogP contribution in [0, 0.1) is 6.92 Å². The van der Waals surface area contributed by atoms with Crippen molar-refractivity contribution in [3.63, 3.8) is 0 Å². The van der Waals surface area contributed by atoms with E-state index in [1.165, 1.54) is 11.1 Å². The third-order valence-electron chi connectivity index (χ3n) is 9.64. The number of ether oxygens (including phenoxy) is 2. The van der Waals surface area contributed by atoms with Crippen molar-refractivity contribution < 1.29 is 19.1 Å². The lowest BCUT2D eigenvalue weighted by Crippen LogP contribution is -2.48. The van der Waals surface area contributed by atoms with Gasteiger partial charge in [0.25, 0.3) is 5.91 Å². The zero-order valence-electron chi connectivity index (χ0n) is 26.1. The summed E-state index contributed by atoms with van der Waals surface area (Å²) in [6.45, 7) is 7.04. The molecule has 1 aromatic heterocycles. The lowest BCUT2D eigenvalue weighted by atomic mass is 9.98. The van der Waals surface area contributed by atoms with Gasteiger partial charge in [0, 0.05) is 75.3 Å². The van der Waals surface area contributed by atoms with Gasteiger partial charge in [0.2, 0.25) is 5.88 Å². The number of nitrogens with zero attached hydrogens (tertiary/aromatic N) is 4. The first kappa shape index (κ1) is 29.7. The molecule has 0 radical (unpaired) electrons. The average molecular weight is 610 g/mol. The third-order valence-corrected chi connectivity index (χ3v) is 9.64. The summed E-state index contributed by atoms with van der Waals surface area (Å²) >= 11 is 0. The fourth-order valence-electron chi connectivity index (χ4n) is 6.96. The van der Waals surface area contributed by atoms with E-state index in [1.54, 1.807) is 24.3 Å². The first-order valence-corrected chi connectivity index (χ1v) is 16.5. The Balaban J connectivity index is 0.944. The highest BCUT2D eigenvalue weighted by atomic mass is 16.5. The van der Waals surface area contributed by atoms with Gasteiger partial charge in [0.15, 0.2) is 0 Å². The van der Waals surface area contributed by atoms with E-state index in [2.05, 4.69) is 62.3 Å². The number of carbonyl (C=O) groups is 2. The van der Waals surface area contributed by atoms with Crippen LogP contribution in [0.2, 0.25) is 0 Å². The van der Waals surface area contributed by atoms with Crippen molar-refractivity contribution in [2.45, 2.75) is 76.2 Å². The van der Waals surface area contributed by atoms with Gasteiger partial charge in [-0.25, -0.2) is 9.78 Å². The SMILES string of the molecule is Cc1cccc(C2CN(C3CCOCC3)C(=O)N2C2CCN(Cc3ccc(Oc4ccc(C(=O)NC5CC5)cc4)nc3)CC2)c1. The second-order valence-corrected chi connectivity index (χ2v) is 13.0. The molecule has 7 rings (SSSR count). The quantitative estimate of drug-likeness (QED) is 0.335. The van der Waals surface area contributed by atoms with Gasteiger partial charge in [0.1, 0.15) is 5.75 Å². The van der Waals surface area contributed by atoms with Crippen molar-refractivity contribution in [3.8, 4) is 11.6 Å². The molecule has 4 fully saturated rings. The van der Waals surface area contributed by atoms with Crippen LogP contribution in [-0.4, -0.2) is 82.6 Å². The second-order valence-electron chi connectivity index (χ2n) is 13.0. The number of rotatable bonds is 9. The first-order valence-electron chi connectivity index (χ1n) is 16.5. The Labute approximate surface area is 265 Å². The van der Waals surface area contributed by atoms with Crippen LogP contribution in [0.15, 0.2) is 66.9 Å². The number of nitrogens with one attached hydrogen (secondary N) is 1. The maximum absolute atomic E-state index is 14.0. The predicted octanol–water partition coefficient (Wildman–Crippen LogP) is 5.70. The number of benzene rings is 2. The molecule has 1 saturated carbocycles. The van der Waals surface area contributed by atoms with Crippen molar-refractivity contribution in [2.24, 2.45) is 0 Å². The standard InChI is InChI=1S/C36H43N5O4/c1-25-3-2-4-28(21-25)33-24-40(30-15-19-44-20-16-30)36(43)41(33)31-13-17-39(18-14-31)23-26-5-12-34(37-22-26)45-32-10-6-27(7-11-32)35(42)38-29-8-9-29/h2-7,10-12,21-22,29-31,33H,8-9,13-20,23-24H2,1H3,(H,38,42). The molecule has 4 aliphatic rings. The van der Waals surface area contributed by atoms with Crippen molar-refractivity contribution >= 4 is 11.9 Å². The topological polar surface area (TPSA) is 87.2 Å². The van der Waals surface area contributed by atoms with E-state index in [0.717, 1.165) is 83.5 Å². The molecule has 1 atom stereocenters. The van der Waals surface area contributed by atoms with Gasteiger partial charge in [-0.1, -0.05) is 35.9 Å². The largest absolute Gasteiger partial charge is 0.439 e. The van der Waals surface area contributed by atoms with Gasteiger partial charge in [0.05, 0.1) is 6.04 Å². The Hall–Kier alpha value is -3.95. The summed E-state index contributed by atoms with van der Waals surface area (Å²) in [7, 11) is 0. The summed E-state index contributed by atoms with van der Waals surface area (Å²) in [6, 6.07) is 20.9. The normalized spacial score (nSPS) is 21.7. The van der Waals surface area contributed by atoms with Crippen molar-refractivity contribution in [1.29, 1.82) is 0 Å². The molecule has 2 aromatic carbocycles. The molecular formula is C36H43N5O4. The highest BCUT2D eigenvalue weighted by molar-refractivity contribution is 5.94. The third kappa shape index (κ3) is 6.99. The lowest BCUT2D eigenvalue weighted by molar-refractivity contribution is 0.0493. The molecule has 9 nitrogen and oxygen atoms in total. The number of amides is 3. The average Bonchev–Trinajstić information content (AvgIpc) is 3.82. The van der Waals surface area contributed by atoms with Gasteiger partial charge in [-0.15, -0.1) is 0 Å². The monoisotopic (exact) mass is 609 g/mol. The minimum absolute atomic E-state index is 0.0364. The molecule has 0 bridgehead atoms. The minimum atomic E-state index is -0.0364. The van der Waals surface area contributed by atoms with E-state index in [4.69, 9.17) is 9.47 Å². The molecular weight excluding hydrogens is 566 g/mol. The molecule has 1 N–H and O–H groups in total. The van der Waals surface area contributed by atoms with Crippen molar-refractivity contribution in [3.05, 3.63) is 89.1 Å². The number of carbonyl (C=O) groups excluding carboxylic acids is 2. The van der Waals surface area contributed by atoms with Crippen LogP contribution >= 0.6 is 0 Å². The fraction of sp³-hybridized carbons (Fsp3) is 0.472. The minimum Gasteiger partial charge on any atom is -0.439 e. The Morgan fingerprint density at radius 1 is 0.956 bits per heavy atom. The summed E-state index contributed by atoms with van der Waals surface area (Å²) in [5, 5.41) is 3.00. The first-order chi connectivity index (χ1) is 22.0. The molecule has 3 aromatic rings. The summed E-state index contributed by atoms with van der Waals surface area (Å²) in [5.74, 6) is 1.14. The van der Waals surface area contributed by atoms with Crippen molar-refractivity contribution in [2.75, 3.05) is 32.8 Å². The number of hydrogen-bond acceptors (Lipinski definition) is 6. The zero-order valence-corrected chi connectivity index (χ0v) is 26.1. The summed E-state index contributed by atoms with van der Waals surface area (Å²) in [5.41, 5.74) is 4.24. The van der Waals surface area contributed by atoms with Crippen LogP contribution in [0.4, 0.5) is 4.79 Å². The summed E-state index contributed by atoms with van der Waals surface area (Å²) in [4.78, 5) is 37.5. The maximum Gasteiger partial charge on any atom is 0.321 e. The number of urea groups is 1. The number of likely N-dealkylation sites (tertiary alicyclic amines) is 1. The molecule has 9 heteroatoms. The maximum atomic E-state index is 14.0. The van der Waals surface area contributed by atoms with Gasteiger partial charge in [-0.3, -0.25) is 9.69 Å². The van der Waals surface area contributed by atoms with Crippen LogP contribution in [-0.2, 0) is 11.3 Å². The van der Waals surface area contributed by atoms with Gasteiger partial charge in [-0.05, 0) is 80.8 Å². The Morgan fingerprint density at radius 3 is 2.42 bits per heavy atom. The Morgan fingerprint density at radius 2 is 1.73 bits per heavy atom. The van der Waals surface area contributed by atoms with Crippen molar-refractivity contribution in [1.82, 2.24) is 25.0 Å². The number of aromatic nitrogens is 1. The molecule has 0 spiro atoms. The Bertz CT molecular complexity index is 1480. The van der Waals surface area contributed by atoms with E-state index in [-0.39, 0.29) is 30.1 Å². The highest BCUT2D eigenvalue weighted by Gasteiger charge is 2.45. The molecule has 236 valence electrons. The molecule has 3 amide bonds. The Kier molecular flexibility index (Phi) is 8.72. The van der Waals surface area contributed by atoms with Crippen LogP contribution in [0.5, 0.6) is 11.6 Å². The van der Waals surface area contributed by atoms with Crippen LogP contribution < -0.4 is 10.1 Å². The molecule has 4 heterocycles. The van der Waals surface area contributed by atoms with E-state index in [9.17, 15) is 9.59 Å². The number of piperidine rings is 1. The van der Waals surface area contributed by atoms with Crippen LogP contribution in [0.1, 0.15) is 71.6 Å². The molecule has 3 aliphatic heterocycles. The summed E-state index contributed by atoms with van der Waals surface area (Å²) < 4.78 is 11.5. The summed E-state index contributed by atoms with van der Waals surface area (Å²) in [6.07, 6.45) is 7.76. The van der Waals surface area contributed by atoms with E-state index < -0.39 is 0 Å². The smallest absolute Gasteiger partial charge is 0.321 e. The number of hydrogen-bond donors (Lipinski definition) is 1. The zero-order chi connectivity index (χ0) is 30.8. The van der Waals surface area contributed by atoms with E-state index in [1.807, 2.05) is 12.3 Å². The highest BCUT2D eigenvalue weighted by Crippen LogP contribution is 2.37. The van der Waals surface area contributed by atoms with Gasteiger partial charge >= 0.3 is 6.03 Å².